The van der Waals surface area contributed by atoms with Gasteiger partial charge in [-0.3, -0.25) is 4.79 Å². The molecule has 1 heterocycles. The zero-order valence-corrected chi connectivity index (χ0v) is 12.8. The molecule has 20 heavy (non-hydrogen) atoms. The highest BCUT2D eigenvalue weighted by molar-refractivity contribution is 7.92. The first-order valence-corrected chi connectivity index (χ1v) is 8.44. The number of rotatable bonds is 4. The smallest absolute Gasteiger partial charge is 0.251 e. The third-order valence-electron chi connectivity index (χ3n) is 3.76. The van der Waals surface area contributed by atoms with Gasteiger partial charge in [-0.15, -0.1) is 0 Å². The van der Waals surface area contributed by atoms with Gasteiger partial charge in [-0.1, -0.05) is 0 Å². The Labute approximate surface area is 119 Å². The number of hydrogen-bond donors (Lipinski definition) is 2. The maximum atomic E-state index is 12.1. The Morgan fingerprint density at radius 2 is 2.10 bits per heavy atom. The fourth-order valence-electron chi connectivity index (χ4n) is 1.97. The van der Waals surface area contributed by atoms with E-state index >= 15 is 0 Å². The van der Waals surface area contributed by atoms with Crippen molar-refractivity contribution in [1.82, 2.24) is 5.32 Å². The van der Waals surface area contributed by atoms with Crippen LogP contribution in [0.4, 0.5) is 5.69 Å². The Hall–Kier alpha value is -1.56. The van der Waals surface area contributed by atoms with Crippen molar-refractivity contribution in [3.05, 3.63) is 29.3 Å². The van der Waals surface area contributed by atoms with E-state index in [2.05, 4.69) is 10.6 Å². The van der Waals surface area contributed by atoms with Gasteiger partial charge < -0.3 is 10.6 Å². The summed E-state index contributed by atoms with van der Waals surface area (Å²) in [6, 6.07) is 5.50. The van der Waals surface area contributed by atoms with Crippen LogP contribution >= 0.6 is 0 Å². The van der Waals surface area contributed by atoms with Gasteiger partial charge in [-0.25, -0.2) is 8.42 Å². The summed E-state index contributed by atoms with van der Waals surface area (Å²) in [4.78, 5) is 12.1. The number of anilines is 1. The van der Waals surface area contributed by atoms with Gasteiger partial charge in [0, 0.05) is 30.6 Å². The van der Waals surface area contributed by atoms with Crippen molar-refractivity contribution >= 4 is 21.4 Å². The molecule has 2 rings (SSSR count). The average Bonchev–Trinajstić information content (AvgIpc) is 2.81. The normalized spacial score (nSPS) is 14.6. The van der Waals surface area contributed by atoms with E-state index in [9.17, 15) is 13.2 Å². The van der Waals surface area contributed by atoms with E-state index < -0.39 is 14.6 Å². The molecule has 1 aliphatic rings. The van der Waals surface area contributed by atoms with Gasteiger partial charge >= 0.3 is 0 Å². The van der Waals surface area contributed by atoms with Crippen LogP contribution in [0.5, 0.6) is 0 Å². The molecule has 2 N–H and O–H groups in total. The fourth-order valence-corrected chi connectivity index (χ4v) is 2.31. The first-order valence-electron chi connectivity index (χ1n) is 6.55. The van der Waals surface area contributed by atoms with E-state index in [1.807, 2.05) is 12.1 Å². The van der Waals surface area contributed by atoms with Crippen LogP contribution in [0.3, 0.4) is 0 Å². The molecule has 0 fully saturated rings. The Balaban J connectivity index is 2.06. The van der Waals surface area contributed by atoms with E-state index in [0.29, 0.717) is 5.56 Å². The molecule has 0 aromatic heterocycles. The average molecular weight is 296 g/mol. The molecular formula is C14H20N2O3S. The molecule has 1 aromatic rings. The van der Waals surface area contributed by atoms with Crippen LogP contribution in [0.1, 0.15) is 29.8 Å². The number of hydrogen-bond acceptors (Lipinski definition) is 4. The standard InChI is InChI=1S/C14H20N2O3S/c1-14(2,20(3,18)19)9-16-13(17)11-4-5-12-10(8-11)6-7-15-12/h4-5,8,15H,6-7,9H2,1-3H3,(H,16,17). The minimum Gasteiger partial charge on any atom is -0.384 e. The molecule has 0 bridgehead atoms. The summed E-state index contributed by atoms with van der Waals surface area (Å²) in [7, 11) is -3.21. The van der Waals surface area contributed by atoms with Gasteiger partial charge in [0.05, 0.1) is 4.75 Å². The van der Waals surface area contributed by atoms with Gasteiger partial charge in [0.2, 0.25) is 0 Å². The third-order valence-corrected chi connectivity index (χ3v) is 5.91. The first-order chi connectivity index (χ1) is 9.21. The Morgan fingerprint density at radius 3 is 2.75 bits per heavy atom. The number of carbonyl (C=O) groups is 1. The fraction of sp³-hybridized carbons (Fsp3) is 0.500. The molecule has 0 spiro atoms. The summed E-state index contributed by atoms with van der Waals surface area (Å²) >= 11 is 0. The predicted molar refractivity (Wildman–Crippen MR) is 79.9 cm³/mol. The second-order valence-electron chi connectivity index (χ2n) is 5.76. The van der Waals surface area contributed by atoms with E-state index in [4.69, 9.17) is 0 Å². The number of fused-ring (bicyclic) bond motifs is 1. The molecule has 0 saturated heterocycles. The Kier molecular flexibility index (Phi) is 3.77. The van der Waals surface area contributed by atoms with Gasteiger partial charge in [-0.05, 0) is 44.0 Å². The third kappa shape index (κ3) is 2.95. The van der Waals surface area contributed by atoms with Crippen molar-refractivity contribution in [3.63, 3.8) is 0 Å². The number of benzene rings is 1. The Bertz CT molecular complexity index is 636. The van der Waals surface area contributed by atoms with E-state index in [1.54, 1.807) is 19.9 Å². The van der Waals surface area contributed by atoms with Crippen LogP contribution in [0.25, 0.3) is 0 Å². The monoisotopic (exact) mass is 296 g/mol. The number of nitrogens with one attached hydrogen (secondary N) is 2. The summed E-state index contributed by atoms with van der Waals surface area (Å²) < 4.78 is 22.2. The molecule has 5 nitrogen and oxygen atoms in total. The van der Waals surface area contributed by atoms with E-state index in [0.717, 1.165) is 24.2 Å². The van der Waals surface area contributed by atoms with Crippen LogP contribution in [0, 0.1) is 0 Å². The molecule has 1 amide bonds. The van der Waals surface area contributed by atoms with Crippen LogP contribution < -0.4 is 10.6 Å². The molecule has 0 unspecified atom stereocenters. The number of carbonyl (C=O) groups excluding carboxylic acids is 1. The van der Waals surface area contributed by atoms with Crippen molar-refractivity contribution < 1.29 is 13.2 Å². The van der Waals surface area contributed by atoms with Crippen LogP contribution in [0.2, 0.25) is 0 Å². The summed E-state index contributed by atoms with van der Waals surface area (Å²) in [5.74, 6) is -0.239. The lowest BCUT2D eigenvalue weighted by molar-refractivity contribution is 0.0950. The maximum absolute atomic E-state index is 12.1. The molecule has 1 aromatic carbocycles. The molecule has 0 aliphatic carbocycles. The topological polar surface area (TPSA) is 75.3 Å². The lowest BCUT2D eigenvalue weighted by Gasteiger charge is -2.22. The van der Waals surface area contributed by atoms with Gasteiger partial charge in [-0.2, -0.15) is 0 Å². The van der Waals surface area contributed by atoms with Gasteiger partial charge in [0.15, 0.2) is 9.84 Å². The summed E-state index contributed by atoms with van der Waals surface area (Å²) in [5, 5.41) is 5.93. The SMILES string of the molecule is CC(C)(CNC(=O)c1ccc2c(c1)CCN2)S(C)(=O)=O. The Morgan fingerprint density at radius 1 is 1.40 bits per heavy atom. The highest BCUT2D eigenvalue weighted by atomic mass is 32.2. The van der Waals surface area contributed by atoms with Crippen molar-refractivity contribution in [2.75, 3.05) is 24.7 Å². The zero-order chi connectivity index (χ0) is 15.0. The molecule has 6 heteroatoms. The molecule has 0 radical (unpaired) electrons. The maximum Gasteiger partial charge on any atom is 0.251 e. The lowest BCUT2D eigenvalue weighted by atomic mass is 10.1. The van der Waals surface area contributed by atoms with Crippen LogP contribution in [0.15, 0.2) is 18.2 Å². The first kappa shape index (κ1) is 14.8. The minimum absolute atomic E-state index is 0.0972. The summed E-state index contributed by atoms with van der Waals surface area (Å²) in [5.41, 5.74) is 2.76. The van der Waals surface area contributed by atoms with Crippen LogP contribution in [-0.2, 0) is 16.3 Å². The van der Waals surface area contributed by atoms with Crippen molar-refractivity contribution in [2.24, 2.45) is 0 Å². The molecule has 0 saturated carbocycles. The van der Waals surface area contributed by atoms with E-state index in [-0.39, 0.29) is 12.5 Å². The van der Waals surface area contributed by atoms with Crippen molar-refractivity contribution in [2.45, 2.75) is 25.0 Å². The second kappa shape index (κ2) is 5.09. The lowest BCUT2D eigenvalue weighted by Crippen LogP contribution is -2.43. The molecule has 0 atom stereocenters. The quantitative estimate of drug-likeness (QED) is 0.875. The summed E-state index contributed by atoms with van der Waals surface area (Å²) in [6.07, 6.45) is 2.09. The predicted octanol–water partition coefficient (Wildman–Crippen LogP) is 1.21. The second-order valence-corrected chi connectivity index (χ2v) is 8.41. The van der Waals surface area contributed by atoms with Crippen LogP contribution in [-0.4, -0.2) is 38.4 Å². The zero-order valence-electron chi connectivity index (χ0n) is 12.0. The molecular weight excluding hydrogens is 276 g/mol. The number of sulfone groups is 1. The minimum atomic E-state index is -3.21. The summed E-state index contributed by atoms with van der Waals surface area (Å²) in [6.45, 7) is 4.20. The van der Waals surface area contributed by atoms with Gasteiger partial charge in [0.25, 0.3) is 5.91 Å². The van der Waals surface area contributed by atoms with Crippen molar-refractivity contribution in [1.29, 1.82) is 0 Å². The molecule has 1 aliphatic heterocycles. The van der Waals surface area contributed by atoms with Gasteiger partial charge in [0.1, 0.15) is 0 Å². The largest absolute Gasteiger partial charge is 0.384 e. The van der Waals surface area contributed by atoms with E-state index in [1.165, 1.54) is 6.26 Å². The number of amides is 1. The highest BCUT2D eigenvalue weighted by Gasteiger charge is 2.30. The van der Waals surface area contributed by atoms with Crippen molar-refractivity contribution in [3.8, 4) is 0 Å². The highest BCUT2D eigenvalue weighted by Crippen LogP contribution is 2.23. The molecule has 110 valence electrons.